The first-order chi connectivity index (χ1) is 11.0. The number of rotatable bonds is 4. The number of carbonyl (C=O) groups excluding carboxylic acids is 1. The molecule has 1 aliphatic carbocycles. The Morgan fingerprint density at radius 1 is 1.30 bits per heavy atom. The molecule has 0 saturated heterocycles. The van der Waals surface area contributed by atoms with Crippen LogP contribution in [0.3, 0.4) is 0 Å². The van der Waals surface area contributed by atoms with Crippen molar-refractivity contribution in [1.82, 2.24) is 4.90 Å². The Kier molecular flexibility index (Phi) is 4.57. The fourth-order valence-corrected chi connectivity index (χ4v) is 3.95. The van der Waals surface area contributed by atoms with Gasteiger partial charge in [-0.15, -0.1) is 0 Å². The SMILES string of the molecule is CC(CO)C1CCC(CN2Cc3ccc(O)c(F)c3C2=O)CC1. The molecule has 23 heavy (non-hydrogen) atoms. The lowest BCUT2D eigenvalue weighted by Gasteiger charge is -2.33. The predicted molar refractivity (Wildman–Crippen MR) is 84.5 cm³/mol. The summed E-state index contributed by atoms with van der Waals surface area (Å²) in [5, 5.41) is 18.7. The van der Waals surface area contributed by atoms with Crippen LogP contribution in [0.2, 0.25) is 0 Å². The number of aliphatic hydroxyl groups is 1. The van der Waals surface area contributed by atoms with Crippen LogP contribution in [0, 0.1) is 23.6 Å². The summed E-state index contributed by atoms with van der Waals surface area (Å²) in [5.41, 5.74) is 0.695. The summed E-state index contributed by atoms with van der Waals surface area (Å²) in [7, 11) is 0. The Morgan fingerprint density at radius 2 is 2.00 bits per heavy atom. The number of hydrogen-bond donors (Lipinski definition) is 2. The number of hydrogen-bond acceptors (Lipinski definition) is 3. The molecule has 1 heterocycles. The van der Waals surface area contributed by atoms with Crippen LogP contribution in [0.4, 0.5) is 4.39 Å². The molecule has 0 radical (unpaired) electrons. The van der Waals surface area contributed by atoms with Crippen LogP contribution < -0.4 is 0 Å². The molecule has 5 heteroatoms. The molecule has 0 spiro atoms. The van der Waals surface area contributed by atoms with Gasteiger partial charge in [-0.25, -0.2) is 4.39 Å². The van der Waals surface area contributed by atoms with E-state index in [0.29, 0.717) is 36.4 Å². The zero-order valence-electron chi connectivity index (χ0n) is 13.5. The fourth-order valence-electron chi connectivity index (χ4n) is 3.95. The second-order valence-electron chi connectivity index (χ2n) is 7.06. The topological polar surface area (TPSA) is 60.8 Å². The minimum Gasteiger partial charge on any atom is -0.505 e. The summed E-state index contributed by atoms with van der Waals surface area (Å²) in [6.07, 6.45) is 4.25. The molecule has 0 aromatic heterocycles. The summed E-state index contributed by atoms with van der Waals surface area (Å²) in [4.78, 5) is 14.1. The normalized spacial score (nSPS) is 25.5. The van der Waals surface area contributed by atoms with Gasteiger partial charge in [0.25, 0.3) is 5.91 Å². The van der Waals surface area contributed by atoms with E-state index >= 15 is 0 Å². The number of amides is 1. The van der Waals surface area contributed by atoms with E-state index < -0.39 is 11.6 Å². The second-order valence-corrected chi connectivity index (χ2v) is 7.06. The molecule has 1 atom stereocenters. The summed E-state index contributed by atoms with van der Waals surface area (Å²) in [6, 6.07) is 2.94. The molecule has 126 valence electrons. The van der Waals surface area contributed by atoms with Gasteiger partial charge in [-0.2, -0.15) is 0 Å². The van der Waals surface area contributed by atoms with Crippen LogP contribution in [-0.2, 0) is 6.54 Å². The number of phenols is 1. The van der Waals surface area contributed by atoms with Crippen LogP contribution in [0.15, 0.2) is 12.1 Å². The quantitative estimate of drug-likeness (QED) is 0.896. The Labute approximate surface area is 135 Å². The average Bonchev–Trinajstić information content (AvgIpc) is 2.88. The average molecular weight is 321 g/mol. The first-order valence-electron chi connectivity index (χ1n) is 8.41. The third kappa shape index (κ3) is 3.07. The largest absolute Gasteiger partial charge is 0.505 e. The number of phenolic OH excluding ortho intramolecular Hbond substituents is 1. The predicted octanol–water partition coefficient (Wildman–Crippen LogP) is 2.92. The monoisotopic (exact) mass is 321 g/mol. The molecule has 1 fully saturated rings. The Morgan fingerprint density at radius 3 is 2.65 bits per heavy atom. The molecule has 1 aliphatic heterocycles. The highest BCUT2D eigenvalue weighted by Gasteiger charge is 2.34. The molecular weight excluding hydrogens is 297 g/mol. The van der Waals surface area contributed by atoms with Gasteiger partial charge in [-0.3, -0.25) is 4.79 Å². The van der Waals surface area contributed by atoms with Crippen LogP contribution in [0.25, 0.3) is 0 Å². The standard InChI is InChI=1S/C18H24FNO3/c1-11(10-21)13-4-2-12(3-5-13)8-20-9-14-6-7-15(22)17(19)16(14)18(20)23/h6-7,11-13,21-22H,2-5,8-10H2,1H3. The van der Waals surface area contributed by atoms with E-state index in [-0.39, 0.29) is 18.1 Å². The lowest BCUT2D eigenvalue weighted by atomic mass is 9.76. The number of halogens is 1. The van der Waals surface area contributed by atoms with Crippen molar-refractivity contribution in [3.8, 4) is 5.75 Å². The molecule has 2 N–H and O–H groups in total. The lowest BCUT2D eigenvalue weighted by molar-refractivity contribution is 0.0708. The van der Waals surface area contributed by atoms with E-state index in [1.807, 2.05) is 0 Å². The van der Waals surface area contributed by atoms with E-state index in [1.54, 1.807) is 11.0 Å². The fraction of sp³-hybridized carbons (Fsp3) is 0.611. The molecule has 1 saturated carbocycles. The molecule has 4 nitrogen and oxygen atoms in total. The molecule has 1 amide bonds. The van der Waals surface area contributed by atoms with Gasteiger partial charge in [0, 0.05) is 19.7 Å². The van der Waals surface area contributed by atoms with Crippen molar-refractivity contribution in [1.29, 1.82) is 0 Å². The maximum absolute atomic E-state index is 14.0. The van der Waals surface area contributed by atoms with Crippen molar-refractivity contribution < 1.29 is 19.4 Å². The van der Waals surface area contributed by atoms with Gasteiger partial charge in [-0.1, -0.05) is 13.0 Å². The van der Waals surface area contributed by atoms with Crippen LogP contribution in [-0.4, -0.2) is 34.2 Å². The number of nitrogens with zero attached hydrogens (tertiary/aromatic N) is 1. The molecule has 3 rings (SSSR count). The highest BCUT2D eigenvalue weighted by atomic mass is 19.1. The molecular formula is C18H24FNO3. The summed E-state index contributed by atoms with van der Waals surface area (Å²) >= 11 is 0. The smallest absolute Gasteiger partial charge is 0.257 e. The zero-order valence-corrected chi connectivity index (χ0v) is 13.5. The van der Waals surface area contributed by atoms with E-state index in [2.05, 4.69) is 6.92 Å². The third-order valence-electron chi connectivity index (χ3n) is 5.53. The maximum atomic E-state index is 14.0. The lowest BCUT2D eigenvalue weighted by Crippen LogP contribution is -2.33. The van der Waals surface area contributed by atoms with E-state index in [0.717, 1.165) is 25.7 Å². The highest BCUT2D eigenvalue weighted by Crippen LogP contribution is 2.36. The van der Waals surface area contributed by atoms with Gasteiger partial charge in [-0.05, 0) is 55.1 Å². The Hall–Kier alpha value is -1.62. The number of aromatic hydroxyl groups is 1. The maximum Gasteiger partial charge on any atom is 0.257 e. The van der Waals surface area contributed by atoms with E-state index in [9.17, 15) is 19.4 Å². The highest BCUT2D eigenvalue weighted by molar-refractivity contribution is 5.99. The Bertz CT molecular complexity index is 596. The van der Waals surface area contributed by atoms with Gasteiger partial charge in [0.1, 0.15) is 0 Å². The molecule has 1 aromatic rings. The zero-order chi connectivity index (χ0) is 16.6. The minimum atomic E-state index is -0.796. The van der Waals surface area contributed by atoms with Gasteiger partial charge >= 0.3 is 0 Å². The molecule has 1 unspecified atom stereocenters. The summed E-state index contributed by atoms with van der Waals surface area (Å²) in [6.45, 7) is 3.39. The molecule has 1 aromatic carbocycles. The Balaban J connectivity index is 1.61. The first-order valence-corrected chi connectivity index (χ1v) is 8.41. The van der Waals surface area contributed by atoms with Crippen molar-refractivity contribution in [3.05, 3.63) is 29.1 Å². The van der Waals surface area contributed by atoms with Crippen LogP contribution in [0.5, 0.6) is 5.75 Å². The van der Waals surface area contributed by atoms with Crippen molar-refractivity contribution >= 4 is 5.91 Å². The van der Waals surface area contributed by atoms with Gasteiger partial charge < -0.3 is 15.1 Å². The van der Waals surface area contributed by atoms with Crippen LogP contribution in [0.1, 0.15) is 48.5 Å². The number of carbonyl (C=O) groups is 1. The number of benzene rings is 1. The molecule has 2 aliphatic rings. The van der Waals surface area contributed by atoms with Crippen LogP contribution >= 0.6 is 0 Å². The number of fused-ring (bicyclic) bond motifs is 1. The van der Waals surface area contributed by atoms with Gasteiger partial charge in [0.2, 0.25) is 0 Å². The van der Waals surface area contributed by atoms with Crippen molar-refractivity contribution in [2.45, 2.75) is 39.2 Å². The summed E-state index contributed by atoms with van der Waals surface area (Å²) in [5.74, 6) is -0.220. The van der Waals surface area contributed by atoms with Crippen molar-refractivity contribution in [2.24, 2.45) is 17.8 Å². The second kappa shape index (κ2) is 6.48. The minimum absolute atomic E-state index is 0.0348. The van der Waals surface area contributed by atoms with Gasteiger partial charge in [0.05, 0.1) is 5.56 Å². The molecule has 0 bridgehead atoms. The van der Waals surface area contributed by atoms with E-state index in [1.165, 1.54) is 6.07 Å². The third-order valence-corrected chi connectivity index (χ3v) is 5.53. The van der Waals surface area contributed by atoms with E-state index in [4.69, 9.17) is 0 Å². The van der Waals surface area contributed by atoms with Crippen molar-refractivity contribution in [3.63, 3.8) is 0 Å². The van der Waals surface area contributed by atoms with Crippen molar-refractivity contribution in [2.75, 3.05) is 13.2 Å². The summed E-state index contributed by atoms with van der Waals surface area (Å²) < 4.78 is 14.0. The first kappa shape index (κ1) is 16.2. The number of aliphatic hydroxyl groups excluding tert-OH is 1. The van der Waals surface area contributed by atoms with Gasteiger partial charge in [0.15, 0.2) is 11.6 Å².